The van der Waals surface area contributed by atoms with Gasteiger partial charge in [-0.3, -0.25) is 0 Å². The lowest BCUT2D eigenvalue weighted by molar-refractivity contribution is 0.534. The maximum Gasteiger partial charge on any atom is 0.128 e. The Morgan fingerprint density at radius 3 is 0.857 bits per heavy atom. The largest absolute Gasteiger partial charge is 0.238 e. The fourth-order valence-electron chi connectivity index (χ4n) is 6.32. The average molecular weight is 585 g/mol. The fraction of sp³-hybridized carbons (Fsp3) is 0.900. The number of aryl methyl sites for hydroxylation is 3. The van der Waals surface area contributed by atoms with Gasteiger partial charge in [-0.1, -0.05) is 194 Å². The summed E-state index contributed by atoms with van der Waals surface area (Å²) in [5.74, 6) is 1.11. The van der Waals surface area contributed by atoms with Crippen molar-refractivity contribution in [2.24, 2.45) is 0 Å². The molecule has 2 heteroatoms. The molecule has 0 N–H and O–H groups in total. The molecule has 1 rings (SSSR count). The first-order valence-corrected chi connectivity index (χ1v) is 19.7. The summed E-state index contributed by atoms with van der Waals surface area (Å²) in [4.78, 5) is 9.95. The fourth-order valence-corrected chi connectivity index (χ4v) is 6.32. The van der Waals surface area contributed by atoms with Crippen LogP contribution in [-0.2, 0) is 19.3 Å². The predicted molar refractivity (Wildman–Crippen MR) is 189 cm³/mol. The highest BCUT2D eigenvalue weighted by Crippen LogP contribution is 2.17. The number of hydrogen-bond acceptors (Lipinski definition) is 2. The van der Waals surface area contributed by atoms with Crippen LogP contribution in [0.15, 0.2) is 6.07 Å². The maximum atomic E-state index is 4.98. The van der Waals surface area contributed by atoms with Crippen LogP contribution in [0.2, 0.25) is 0 Å². The molecular weight excluding hydrogens is 508 g/mol. The lowest BCUT2D eigenvalue weighted by Crippen LogP contribution is -2.04. The summed E-state index contributed by atoms with van der Waals surface area (Å²) >= 11 is 0. The Morgan fingerprint density at radius 2 is 0.571 bits per heavy atom. The van der Waals surface area contributed by atoms with E-state index in [0.717, 1.165) is 25.1 Å². The normalized spacial score (nSPS) is 11.5. The summed E-state index contributed by atoms with van der Waals surface area (Å²) in [7, 11) is 0. The predicted octanol–water partition coefficient (Wildman–Crippen LogP) is 13.9. The minimum Gasteiger partial charge on any atom is -0.238 e. The van der Waals surface area contributed by atoms with Gasteiger partial charge in [-0.25, -0.2) is 9.97 Å². The molecule has 0 aliphatic carbocycles. The van der Waals surface area contributed by atoms with Gasteiger partial charge in [-0.15, -0.1) is 0 Å². The Hall–Kier alpha value is -0.920. The van der Waals surface area contributed by atoms with Crippen molar-refractivity contribution < 1.29 is 0 Å². The number of unbranched alkanes of at least 4 members (excludes halogenated alkanes) is 27. The maximum absolute atomic E-state index is 4.98. The van der Waals surface area contributed by atoms with Crippen molar-refractivity contribution in [2.45, 2.75) is 233 Å². The molecule has 246 valence electrons. The number of nitrogens with zero attached hydrogens (tertiary/aromatic N) is 2. The second kappa shape index (κ2) is 31.5. The van der Waals surface area contributed by atoms with Crippen molar-refractivity contribution in [3.63, 3.8) is 0 Å². The molecule has 1 heterocycles. The first-order chi connectivity index (χ1) is 20.8. The van der Waals surface area contributed by atoms with Crippen LogP contribution in [0.25, 0.3) is 0 Å². The molecule has 0 fully saturated rings. The van der Waals surface area contributed by atoms with E-state index in [4.69, 9.17) is 9.97 Å². The van der Waals surface area contributed by atoms with Crippen LogP contribution in [0, 0.1) is 0 Å². The molecule has 0 radical (unpaired) electrons. The van der Waals surface area contributed by atoms with Crippen molar-refractivity contribution in [1.82, 2.24) is 9.97 Å². The zero-order valence-corrected chi connectivity index (χ0v) is 29.3. The van der Waals surface area contributed by atoms with Crippen LogP contribution in [0.5, 0.6) is 0 Å². The molecule has 42 heavy (non-hydrogen) atoms. The molecule has 1 aromatic heterocycles. The van der Waals surface area contributed by atoms with E-state index in [1.54, 1.807) is 0 Å². The molecule has 0 saturated carbocycles. The van der Waals surface area contributed by atoms with Gasteiger partial charge in [0, 0.05) is 17.8 Å². The Kier molecular flexibility index (Phi) is 29.3. The van der Waals surface area contributed by atoms with Gasteiger partial charge in [-0.2, -0.15) is 0 Å². The highest BCUT2D eigenvalue weighted by atomic mass is 14.9. The molecule has 0 amide bonds. The SMILES string of the molecule is CCCCCCCCCCCCCCCCc1cc(CCCCCCCCCCCCCCCC)nc(CCCC)n1. The summed E-state index contributed by atoms with van der Waals surface area (Å²) in [6.45, 7) is 6.88. The van der Waals surface area contributed by atoms with Crippen LogP contribution in [-0.4, -0.2) is 9.97 Å². The standard InChI is InChI=1S/C40H76N2/c1-4-7-10-12-14-16-18-20-22-24-26-28-30-32-34-38-37-39(42-40(41-38)36-9-6-3)35-33-31-29-27-25-23-21-19-17-15-13-11-8-5-2/h37H,4-36H2,1-3H3. The van der Waals surface area contributed by atoms with Crippen molar-refractivity contribution in [2.75, 3.05) is 0 Å². The van der Waals surface area contributed by atoms with E-state index >= 15 is 0 Å². The third-order valence-electron chi connectivity index (χ3n) is 9.21. The van der Waals surface area contributed by atoms with Gasteiger partial charge in [-0.05, 0) is 38.2 Å². The van der Waals surface area contributed by atoms with Gasteiger partial charge in [0.05, 0.1) is 0 Å². The first-order valence-electron chi connectivity index (χ1n) is 19.7. The Labute approximate surface area is 265 Å². The summed E-state index contributed by atoms with van der Waals surface area (Å²) in [6.07, 6.45) is 45.6. The Bertz CT molecular complexity index is 619. The molecule has 0 aliphatic heterocycles. The molecule has 0 spiro atoms. The van der Waals surface area contributed by atoms with Gasteiger partial charge < -0.3 is 0 Å². The van der Waals surface area contributed by atoms with E-state index in [9.17, 15) is 0 Å². The van der Waals surface area contributed by atoms with Crippen LogP contribution < -0.4 is 0 Å². The Morgan fingerprint density at radius 1 is 0.310 bits per heavy atom. The van der Waals surface area contributed by atoms with Gasteiger partial charge >= 0.3 is 0 Å². The van der Waals surface area contributed by atoms with E-state index < -0.39 is 0 Å². The summed E-state index contributed by atoms with van der Waals surface area (Å²) < 4.78 is 0. The van der Waals surface area contributed by atoms with Crippen molar-refractivity contribution >= 4 is 0 Å². The van der Waals surface area contributed by atoms with Crippen LogP contribution in [0.4, 0.5) is 0 Å². The van der Waals surface area contributed by atoms with E-state index in [0.29, 0.717) is 0 Å². The van der Waals surface area contributed by atoms with Crippen LogP contribution >= 0.6 is 0 Å². The third kappa shape index (κ3) is 25.6. The average Bonchev–Trinajstić information content (AvgIpc) is 3.00. The van der Waals surface area contributed by atoms with Crippen molar-refractivity contribution in [3.05, 3.63) is 23.3 Å². The lowest BCUT2D eigenvalue weighted by atomic mass is 10.0. The Balaban J connectivity index is 2.11. The molecule has 0 aliphatic rings. The number of rotatable bonds is 33. The van der Waals surface area contributed by atoms with Gasteiger partial charge in [0.1, 0.15) is 5.82 Å². The summed E-state index contributed by atoms with van der Waals surface area (Å²) in [5, 5.41) is 0. The molecule has 1 aromatic rings. The molecule has 0 aromatic carbocycles. The van der Waals surface area contributed by atoms with Crippen LogP contribution in [0.3, 0.4) is 0 Å². The second-order valence-corrected chi connectivity index (χ2v) is 13.6. The monoisotopic (exact) mass is 585 g/mol. The van der Waals surface area contributed by atoms with E-state index in [1.807, 2.05) is 0 Å². The molecule has 2 nitrogen and oxygen atoms in total. The van der Waals surface area contributed by atoms with Gasteiger partial charge in [0.15, 0.2) is 0 Å². The molecule has 0 bridgehead atoms. The van der Waals surface area contributed by atoms with Crippen molar-refractivity contribution in [1.29, 1.82) is 0 Å². The van der Waals surface area contributed by atoms with Crippen molar-refractivity contribution in [3.8, 4) is 0 Å². The smallest absolute Gasteiger partial charge is 0.128 e. The number of hydrogen-bond donors (Lipinski definition) is 0. The van der Waals surface area contributed by atoms with E-state index in [2.05, 4.69) is 26.8 Å². The minimum absolute atomic E-state index is 1.05. The molecule has 0 unspecified atom stereocenters. The van der Waals surface area contributed by atoms with Crippen LogP contribution in [0.1, 0.15) is 231 Å². The quantitative estimate of drug-likeness (QED) is 0.0768. The lowest BCUT2D eigenvalue weighted by Gasteiger charge is -2.09. The zero-order valence-electron chi connectivity index (χ0n) is 29.3. The second-order valence-electron chi connectivity index (χ2n) is 13.6. The van der Waals surface area contributed by atoms with Gasteiger partial charge in [0.25, 0.3) is 0 Å². The van der Waals surface area contributed by atoms with Gasteiger partial charge in [0.2, 0.25) is 0 Å². The first kappa shape index (κ1) is 39.1. The highest BCUT2D eigenvalue weighted by molar-refractivity contribution is 5.12. The summed E-state index contributed by atoms with van der Waals surface area (Å²) in [5.41, 5.74) is 2.63. The topological polar surface area (TPSA) is 25.8 Å². The van der Waals surface area contributed by atoms with E-state index in [-0.39, 0.29) is 0 Å². The molecular formula is C40H76N2. The summed E-state index contributed by atoms with van der Waals surface area (Å²) in [6, 6.07) is 2.35. The molecule has 0 saturated heterocycles. The zero-order chi connectivity index (χ0) is 30.2. The minimum atomic E-state index is 1.05. The van der Waals surface area contributed by atoms with E-state index in [1.165, 1.54) is 204 Å². The number of aromatic nitrogens is 2. The third-order valence-corrected chi connectivity index (χ3v) is 9.21. The highest BCUT2D eigenvalue weighted by Gasteiger charge is 2.06. The molecule has 0 atom stereocenters.